The number of hydrogen-bond acceptors (Lipinski definition) is 0. The quantitative estimate of drug-likeness (QED) is 0.526. The van der Waals surface area contributed by atoms with E-state index < -0.39 is 0 Å². The van der Waals surface area contributed by atoms with Gasteiger partial charge in [0.25, 0.3) is 0 Å². The van der Waals surface area contributed by atoms with Crippen LogP contribution < -0.4 is 0 Å². The molecule has 0 saturated carbocycles. The molecule has 0 unspecified atom stereocenters. The highest BCUT2D eigenvalue weighted by Crippen LogP contribution is 2.27. The summed E-state index contributed by atoms with van der Waals surface area (Å²) >= 11 is 0. The smallest absolute Gasteiger partial charge is 0.0105 e. The first-order chi connectivity index (χ1) is 10.7. The Morgan fingerprint density at radius 1 is 0.636 bits per heavy atom. The average Bonchev–Trinajstić information content (AvgIpc) is 2.53. The van der Waals surface area contributed by atoms with Gasteiger partial charge in [0.1, 0.15) is 0 Å². The Labute approximate surface area is 132 Å². The minimum Gasteiger partial charge on any atom is -0.0622 e. The summed E-state index contributed by atoms with van der Waals surface area (Å²) in [7, 11) is 0. The molecule has 3 rings (SSSR count). The van der Waals surface area contributed by atoms with Crippen LogP contribution in [0.25, 0.3) is 11.6 Å². The largest absolute Gasteiger partial charge is 0.0622 e. The van der Waals surface area contributed by atoms with Crippen LogP contribution in [0.1, 0.15) is 27.8 Å². The van der Waals surface area contributed by atoms with Crippen LogP contribution in [0.3, 0.4) is 0 Å². The lowest BCUT2D eigenvalue weighted by molar-refractivity contribution is 1.36. The normalized spacial score (nSPS) is 11.5. The summed E-state index contributed by atoms with van der Waals surface area (Å²) in [4.78, 5) is 0. The Morgan fingerprint density at radius 3 is 1.77 bits per heavy atom. The maximum atomic E-state index is 2.27. The van der Waals surface area contributed by atoms with Crippen molar-refractivity contribution in [3.05, 3.63) is 107 Å². The van der Waals surface area contributed by atoms with Crippen molar-refractivity contribution in [3.8, 4) is 0 Å². The Balaban J connectivity index is 2.17. The molecule has 0 fully saturated rings. The van der Waals surface area contributed by atoms with Crippen molar-refractivity contribution in [1.29, 1.82) is 0 Å². The Hall–Kier alpha value is -2.60. The molecular weight excluding hydrogens is 264 g/mol. The summed E-state index contributed by atoms with van der Waals surface area (Å²) in [5.74, 6) is 0. The molecule has 0 atom stereocenters. The summed E-state index contributed by atoms with van der Waals surface area (Å²) in [6.07, 6.45) is 2.27. The van der Waals surface area contributed by atoms with Gasteiger partial charge in [-0.25, -0.2) is 0 Å². The Morgan fingerprint density at radius 2 is 1.18 bits per heavy atom. The highest BCUT2D eigenvalue weighted by Gasteiger charge is 2.06. The maximum Gasteiger partial charge on any atom is -0.0105 e. The minimum absolute atomic E-state index is 1.22. The molecule has 0 spiro atoms. The summed E-state index contributed by atoms with van der Waals surface area (Å²) in [6, 6.07) is 27.8. The van der Waals surface area contributed by atoms with Gasteiger partial charge in [-0.2, -0.15) is 0 Å². The van der Waals surface area contributed by atoms with Gasteiger partial charge in [-0.15, -0.1) is 0 Å². The van der Waals surface area contributed by atoms with Gasteiger partial charge in [-0.05, 0) is 42.2 Å². The molecule has 0 radical (unpaired) electrons. The molecule has 0 heteroatoms. The second-order valence-electron chi connectivity index (χ2n) is 5.71. The predicted molar refractivity (Wildman–Crippen MR) is 95.8 cm³/mol. The molecule has 0 nitrogen and oxygen atoms in total. The molecule has 3 aromatic carbocycles. The van der Waals surface area contributed by atoms with E-state index in [1.807, 2.05) is 0 Å². The van der Waals surface area contributed by atoms with Crippen molar-refractivity contribution in [3.63, 3.8) is 0 Å². The van der Waals surface area contributed by atoms with Crippen molar-refractivity contribution >= 4 is 11.6 Å². The van der Waals surface area contributed by atoms with E-state index in [4.69, 9.17) is 0 Å². The predicted octanol–water partition coefficient (Wildman–Crippen LogP) is 5.89. The van der Waals surface area contributed by atoms with Gasteiger partial charge in [0, 0.05) is 0 Å². The van der Waals surface area contributed by atoms with Crippen LogP contribution in [0.15, 0.2) is 78.9 Å². The Bertz CT molecular complexity index is 761. The van der Waals surface area contributed by atoms with Crippen LogP contribution >= 0.6 is 0 Å². The topological polar surface area (TPSA) is 0 Å². The summed E-state index contributed by atoms with van der Waals surface area (Å²) in [5, 5.41) is 0. The first kappa shape index (κ1) is 14.3. The summed E-state index contributed by atoms with van der Waals surface area (Å²) in [5.41, 5.74) is 7.60. The van der Waals surface area contributed by atoms with Gasteiger partial charge in [0.2, 0.25) is 0 Å². The van der Waals surface area contributed by atoms with Gasteiger partial charge < -0.3 is 0 Å². The highest BCUT2D eigenvalue weighted by atomic mass is 14.1. The highest BCUT2D eigenvalue weighted by molar-refractivity contribution is 5.91. The molecule has 0 N–H and O–H groups in total. The lowest BCUT2D eigenvalue weighted by atomic mass is 9.93. The van der Waals surface area contributed by atoms with Gasteiger partial charge in [0.15, 0.2) is 0 Å². The molecule has 108 valence electrons. The van der Waals surface area contributed by atoms with E-state index in [0.29, 0.717) is 0 Å². The molecule has 0 aliphatic rings. The number of hydrogen-bond donors (Lipinski definition) is 0. The lowest BCUT2D eigenvalue weighted by Gasteiger charge is -2.11. The second kappa shape index (κ2) is 6.44. The monoisotopic (exact) mass is 284 g/mol. The molecule has 0 aliphatic heterocycles. The first-order valence-electron chi connectivity index (χ1n) is 7.63. The SMILES string of the molecule is Cc1cc(C)cc(/C(=C/c2ccccc2)c2ccccc2)c1. The van der Waals surface area contributed by atoms with Crippen LogP contribution in [0.5, 0.6) is 0 Å². The second-order valence-corrected chi connectivity index (χ2v) is 5.71. The molecule has 0 bridgehead atoms. The van der Waals surface area contributed by atoms with Crippen molar-refractivity contribution in [2.45, 2.75) is 13.8 Å². The van der Waals surface area contributed by atoms with Gasteiger partial charge in [0.05, 0.1) is 0 Å². The van der Waals surface area contributed by atoms with E-state index in [1.165, 1.54) is 33.4 Å². The fraction of sp³-hybridized carbons (Fsp3) is 0.0909. The maximum absolute atomic E-state index is 2.27. The van der Waals surface area contributed by atoms with Crippen LogP contribution in [0, 0.1) is 13.8 Å². The zero-order valence-electron chi connectivity index (χ0n) is 13.1. The Kier molecular flexibility index (Phi) is 4.20. The van der Waals surface area contributed by atoms with Crippen LogP contribution in [-0.2, 0) is 0 Å². The van der Waals surface area contributed by atoms with E-state index in [9.17, 15) is 0 Å². The van der Waals surface area contributed by atoms with Crippen LogP contribution in [0.2, 0.25) is 0 Å². The number of benzene rings is 3. The molecule has 0 aromatic heterocycles. The zero-order valence-corrected chi connectivity index (χ0v) is 13.1. The van der Waals surface area contributed by atoms with Crippen molar-refractivity contribution < 1.29 is 0 Å². The third kappa shape index (κ3) is 3.35. The van der Waals surface area contributed by atoms with Crippen molar-refractivity contribution in [1.82, 2.24) is 0 Å². The number of rotatable bonds is 3. The molecule has 0 saturated heterocycles. The molecule has 0 amide bonds. The number of aryl methyl sites for hydroxylation is 2. The standard InChI is InChI=1S/C22H20/c1-17-13-18(2)15-21(14-17)22(20-11-7-4-8-12-20)16-19-9-5-3-6-10-19/h3-16H,1-2H3/b22-16+. The average molecular weight is 284 g/mol. The molecule has 3 aromatic rings. The van der Waals surface area contributed by atoms with Gasteiger partial charge in [-0.3, -0.25) is 0 Å². The fourth-order valence-electron chi connectivity index (χ4n) is 2.80. The lowest BCUT2D eigenvalue weighted by Crippen LogP contribution is -1.91. The molecule has 0 heterocycles. The van der Waals surface area contributed by atoms with Crippen LogP contribution in [-0.4, -0.2) is 0 Å². The van der Waals surface area contributed by atoms with E-state index in [2.05, 4.69) is 98.8 Å². The third-order valence-electron chi connectivity index (χ3n) is 3.73. The van der Waals surface area contributed by atoms with Crippen molar-refractivity contribution in [2.24, 2.45) is 0 Å². The third-order valence-corrected chi connectivity index (χ3v) is 3.73. The van der Waals surface area contributed by atoms with E-state index in [1.54, 1.807) is 0 Å². The fourth-order valence-corrected chi connectivity index (χ4v) is 2.80. The van der Waals surface area contributed by atoms with E-state index >= 15 is 0 Å². The zero-order chi connectivity index (χ0) is 15.4. The molecular formula is C22H20. The minimum atomic E-state index is 1.22. The summed E-state index contributed by atoms with van der Waals surface area (Å²) < 4.78 is 0. The van der Waals surface area contributed by atoms with E-state index in [-0.39, 0.29) is 0 Å². The van der Waals surface area contributed by atoms with E-state index in [0.717, 1.165) is 0 Å². The molecule has 0 aliphatic carbocycles. The molecule has 22 heavy (non-hydrogen) atoms. The summed E-state index contributed by atoms with van der Waals surface area (Å²) in [6.45, 7) is 4.31. The van der Waals surface area contributed by atoms with Crippen molar-refractivity contribution in [2.75, 3.05) is 0 Å². The first-order valence-corrected chi connectivity index (χ1v) is 7.63. The van der Waals surface area contributed by atoms with Crippen LogP contribution in [0.4, 0.5) is 0 Å². The van der Waals surface area contributed by atoms with Gasteiger partial charge in [-0.1, -0.05) is 90.0 Å². The van der Waals surface area contributed by atoms with Gasteiger partial charge >= 0.3 is 0 Å².